The van der Waals surface area contributed by atoms with E-state index in [1.165, 1.54) is 5.56 Å². The van der Waals surface area contributed by atoms with Gasteiger partial charge in [0.2, 0.25) is 0 Å². The number of carbonyl (C=O) groups is 1. The maximum Gasteiger partial charge on any atom is 0.174 e. The van der Waals surface area contributed by atoms with Gasteiger partial charge in [-0.15, -0.1) is 12.4 Å². The van der Waals surface area contributed by atoms with E-state index >= 15 is 0 Å². The van der Waals surface area contributed by atoms with Crippen molar-refractivity contribution in [2.75, 3.05) is 20.2 Å². The van der Waals surface area contributed by atoms with Crippen LogP contribution in [-0.4, -0.2) is 53.7 Å². The van der Waals surface area contributed by atoms with Crippen LogP contribution in [0.2, 0.25) is 0 Å². The highest BCUT2D eigenvalue weighted by Crippen LogP contribution is 2.65. The molecule has 0 amide bonds. The van der Waals surface area contributed by atoms with Crippen molar-refractivity contribution in [3.63, 3.8) is 0 Å². The molecule has 2 aliphatic carbocycles. The van der Waals surface area contributed by atoms with Crippen LogP contribution < -0.4 is 4.74 Å². The molecule has 27 heavy (non-hydrogen) atoms. The van der Waals surface area contributed by atoms with Crippen LogP contribution in [0.3, 0.4) is 0 Å². The Morgan fingerprint density at radius 1 is 1.37 bits per heavy atom. The molecule has 0 aromatic heterocycles. The zero-order chi connectivity index (χ0) is 18.1. The number of phenolic OH excluding ortho intramolecular Hbond substituents is 1. The molecule has 4 atom stereocenters. The number of carbonyl (C=O) groups excluding carboxylic acids is 1. The number of benzene rings is 1. The topological polar surface area (TPSA) is 59.0 Å². The fourth-order valence-electron chi connectivity index (χ4n) is 6.20. The highest BCUT2D eigenvalue weighted by molar-refractivity contribution is 5.90. The number of ether oxygens (including phenoxy) is 2. The first-order valence-electron chi connectivity index (χ1n) is 9.94. The molecule has 2 aliphatic heterocycles. The largest absolute Gasteiger partial charge is 0.504 e. The number of halogens is 1. The van der Waals surface area contributed by atoms with E-state index in [-0.39, 0.29) is 30.0 Å². The lowest BCUT2D eigenvalue weighted by Gasteiger charge is -2.64. The third kappa shape index (κ3) is 2.16. The number of phenols is 1. The number of ketones is 1. The molecular formula is C21H28ClNO4. The molecule has 0 unspecified atom stereocenters. The van der Waals surface area contributed by atoms with Gasteiger partial charge in [0.15, 0.2) is 23.4 Å². The predicted octanol–water partition coefficient (Wildman–Crippen LogP) is 2.99. The van der Waals surface area contributed by atoms with Gasteiger partial charge in [0.05, 0.1) is 11.0 Å². The smallest absolute Gasteiger partial charge is 0.174 e. The molecule has 1 saturated heterocycles. The van der Waals surface area contributed by atoms with E-state index < -0.39 is 17.1 Å². The number of Topliss-reactive ketones (excluding diaryl/α,β-unsaturated/α-hetero) is 1. The quantitative estimate of drug-likeness (QED) is 0.797. The first-order valence-corrected chi connectivity index (χ1v) is 9.94. The fraction of sp³-hybridized carbons (Fsp3) is 0.667. The number of unbranched alkanes of at least 4 members (excludes halogenated alkanes) is 1. The summed E-state index contributed by atoms with van der Waals surface area (Å²) in [5.41, 5.74) is 1.42. The number of hydrogen-bond donors (Lipinski definition) is 1. The predicted molar refractivity (Wildman–Crippen MR) is 104 cm³/mol. The monoisotopic (exact) mass is 393 g/mol. The Kier molecular flexibility index (Phi) is 4.48. The summed E-state index contributed by atoms with van der Waals surface area (Å²) in [5.74, 6) is 0.848. The lowest BCUT2D eigenvalue weighted by molar-refractivity contribution is -0.210. The van der Waals surface area contributed by atoms with Crippen molar-refractivity contribution in [1.82, 2.24) is 4.90 Å². The van der Waals surface area contributed by atoms with E-state index in [9.17, 15) is 9.90 Å². The summed E-state index contributed by atoms with van der Waals surface area (Å²) < 4.78 is 12.9. The molecule has 1 aromatic carbocycles. The third-order valence-electron chi connectivity index (χ3n) is 7.34. The summed E-state index contributed by atoms with van der Waals surface area (Å²) in [6.45, 7) is 3.81. The average Bonchev–Trinajstić information content (AvgIpc) is 2.99. The van der Waals surface area contributed by atoms with Crippen LogP contribution in [-0.2, 0) is 21.4 Å². The maximum absolute atomic E-state index is 12.9. The van der Waals surface area contributed by atoms with E-state index in [1.807, 2.05) is 6.07 Å². The highest BCUT2D eigenvalue weighted by atomic mass is 35.5. The van der Waals surface area contributed by atoms with Gasteiger partial charge in [-0.2, -0.15) is 0 Å². The van der Waals surface area contributed by atoms with Crippen molar-refractivity contribution >= 4 is 18.2 Å². The molecule has 6 heteroatoms. The minimum Gasteiger partial charge on any atom is -0.504 e. The SMILES string of the molecule is CCCCO[C@@]12CCC(=O)[C@@H]3Oc4c(O)ccc5c4[C@@]31CCN(C)[C@@H]2C5.Cl. The molecule has 148 valence electrons. The molecular weight excluding hydrogens is 366 g/mol. The van der Waals surface area contributed by atoms with Crippen molar-refractivity contribution in [2.45, 2.75) is 68.6 Å². The second kappa shape index (κ2) is 6.36. The van der Waals surface area contributed by atoms with Gasteiger partial charge in [-0.05, 0) is 50.9 Å². The molecule has 1 N–H and O–H groups in total. The Labute approximate surface area is 166 Å². The number of likely N-dealkylation sites (tertiary alicyclic amines) is 1. The molecule has 0 radical (unpaired) electrons. The van der Waals surface area contributed by atoms with Crippen molar-refractivity contribution < 1.29 is 19.4 Å². The van der Waals surface area contributed by atoms with Gasteiger partial charge in [-0.1, -0.05) is 19.4 Å². The van der Waals surface area contributed by atoms with Crippen molar-refractivity contribution in [3.8, 4) is 11.5 Å². The second-order valence-corrected chi connectivity index (χ2v) is 8.43. The maximum atomic E-state index is 12.9. The Morgan fingerprint density at radius 2 is 2.19 bits per heavy atom. The highest BCUT2D eigenvalue weighted by Gasteiger charge is 2.73. The van der Waals surface area contributed by atoms with Crippen LogP contribution in [0.15, 0.2) is 12.1 Å². The van der Waals surface area contributed by atoms with Crippen LogP contribution in [0.5, 0.6) is 11.5 Å². The number of piperidine rings is 1. The lowest BCUT2D eigenvalue weighted by Crippen LogP contribution is -2.77. The summed E-state index contributed by atoms with van der Waals surface area (Å²) in [5, 5.41) is 10.5. The standard InChI is InChI=1S/C21H27NO4.ClH/c1-3-4-11-25-21-8-7-15(24)19-20(21)9-10-22(2)16(21)12-13-5-6-14(23)18(26-19)17(13)20;/h5-6,16,19,23H,3-4,7-12H2,1-2H3;1H/t16-,19+,20+,21-;/m1./s1. The number of aromatic hydroxyl groups is 1. The van der Waals surface area contributed by atoms with E-state index in [2.05, 4.69) is 18.9 Å². The molecule has 2 heterocycles. The van der Waals surface area contributed by atoms with Gasteiger partial charge >= 0.3 is 0 Å². The van der Waals surface area contributed by atoms with Crippen molar-refractivity contribution in [3.05, 3.63) is 23.3 Å². The van der Waals surface area contributed by atoms with Crippen LogP contribution in [0, 0.1) is 0 Å². The van der Waals surface area contributed by atoms with Crippen LogP contribution in [0.4, 0.5) is 0 Å². The Morgan fingerprint density at radius 3 is 2.96 bits per heavy atom. The zero-order valence-corrected chi connectivity index (χ0v) is 16.8. The van der Waals surface area contributed by atoms with Crippen LogP contribution >= 0.6 is 12.4 Å². The third-order valence-corrected chi connectivity index (χ3v) is 7.34. The fourth-order valence-corrected chi connectivity index (χ4v) is 6.20. The van der Waals surface area contributed by atoms with Gasteiger partial charge in [-0.25, -0.2) is 0 Å². The van der Waals surface area contributed by atoms with E-state index in [1.54, 1.807) is 6.07 Å². The first-order chi connectivity index (χ1) is 12.5. The summed E-state index contributed by atoms with van der Waals surface area (Å²) in [6, 6.07) is 3.98. The summed E-state index contributed by atoms with van der Waals surface area (Å²) >= 11 is 0. The molecule has 1 spiro atoms. The number of rotatable bonds is 4. The molecule has 1 saturated carbocycles. The van der Waals surface area contributed by atoms with Gasteiger partial charge in [0.25, 0.3) is 0 Å². The van der Waals surface area contributed by atoms with Crippen molar-refractivity contribution in [2.24, 2.45) is 0 Å². The number of nitrogens with zero attached hydrogens (tertiary/aromatic N) is 1. The van der Waals surface area contributed by atoms with Gasteiger partial charge in [0, 0.05) is 24.6 Å². The van der Waals surface area contributed by atoms with Crippen LogP contribution in [0.25, 0.3) is 0 Å². The van der Waals surface area contributed by atoms with Crippen LogP contribution in [0.1, 0.15) is 50.2 Å². The molecule has 1 aromatic rings. The zero-order valence-electron chi connectivity index (χ0n) is 16.0. The van der Waals surface area contributed by atoms with Gasteiger partial charge < -0.3 is 19.5 Å². The Bertz CT molecular complexity index is 784. The average molecular weight is 394 g/mol. The van der Waals surface area contributed by atoms with E-state index in [0.29, 0.717) is 18.8 Å². The summed E-state index contributed by atoms with van der Waals surface area (Å²) in [7, 11) is 2.18. The molecule has 2 bridgehead atoms. The number of likely N-dealkylation sites (N-methyl/N-ethyl adjacent to an activating group) is 1. The normalized spacial score (nSPS) is 36.0. The Hall–Kier alpha value is -1.30. The molecule has 2 fully saturated rings. The summed E-state index contributed by atoms with van der Waals surface area (Å²) in [6.07, 6.45) is 4.56. The number of hydrogen-bond acceptors (Lipinski definition) is 5. The molecule has 5 nitrogen and oxygen atoms in total. The first kappa shape index (κ1) is 19.0. The summed E-state index contributed by atoms with van der Waals surface area (Å²) in [4.78, 5) is 15.3. The van der Waals surface area contributed by atoms with E-state index in [0.717, 1.165) is 44.2 Å². The minimum absolute atomic E-state index is 0. The molecule has 4 aliphatic rings. The van der Waals surface area contributed by atoms with E-state index in [4.69, 9.17) is 9.47 Å². The van der Waals surface area contributed by atoms with Gasteiger partial charge in [-0.3, -0.25) is 4.79 Å². The van der Waals surface area contributed by atoms with Gasteiger partial charge in [0.1, 0.15) is 0 Å². The lowest BCUT2D eigenvalue weighted by atomic mass is 9.49. The van der Waals surface area contributed by atoms with Crippen molar-refractivity contribution in [1.29, 1.82) is 0 Å². The second-order valence-electron chi connectivity index (χ2n) is 8.43. The molecule has 5 rings (SSSR count). The minimum atomic E-state index is -0.517. The Balaban J connectivity index is 0.00000180.